The van der Waals surface area contributed by atoms with Crippen molar-refractivity contribution in [3.8, 4) is 11.5 Å². The average Bonchev–Trinajstić information content (AvgIpc) is 3.02. The summed E-state index contributed by atoms with van der Waals surface area (Å²) in [6.45, 7) is 3.28. The van der Waals surface area contributed by atoms with Gasteiger partial charge in [-0.3, -0.25) is 4.90 Å². The van der Waals surface area contributed by atoms with Crippen molar-refractivity contribution in [2.75, 3.05) is 13.2 Å². The number of fused-ring (bicyclic) bond motifs is 2. The number of rotatable bonds is 1. The lowest BCUT2D eigenvalue weighted by molar-refractivity contribution is 0.129. The number of aromatic nitrogens is 3. The van der Waals surface area contributed by atoms with E-state index < -0.39 is 0 Å². The van der Waals surface area contributed by atoms with E-state index in [2.05, 4.69) is 19.7 Å². The first kappa shape index (κ1) is 10.8. The lowest BCUT2D eigenvalue weighted by Gasteiger charge is -2.31. The SMILES string of the molecule is Oc1ccc2c(c1)OCC2N1CCn2cnnc2C1. The van der Waals surface area contributed by atoms with E-state index in [0.717, 1.165) is 36.8 Å². The number of phenolic OH excluding ortho intramolecular Hbond substituents is 1. The summed E-state index contributed by atoms with van der Waals surface area (Å²) in [5, 5.41) is 17.6. The highest BCUT2D eigenvalue weighted by molar-refractivity contribution is 5.44. The lowest BCUT2D eigenvalue weighted by atomic mass is 10.1. The van der Waals surface area contributed by atoms with Gasteiger partial charge in [-0.25, -0.2) is 0 Å². The number of aromatic hydroxyl groups is 1. The van der Waals surface area contributed by atoms with Crippen LogP contribution in [0.2, 0.25) is 0 Å². The Hall–Kier alpha value is -2.08. The molecule has 0 fully saturated rings. The lowest BCUT2D eigenvalue weighted by Crippen LogP contribution is -2.37. The zero-order chi connectivity index (χ0) is 12.8. The van der Waals surface area contributed by atoms with Gasteiger partial charge in [-0.15, -0.1) is 10.2 Å². The standard InChI is InChI=1S/C13H14N4O2/c18-9-1-2-10-11(7-19-12(10)5-9)16-3-4-17-8-14-15-13(17)6-16/h1-2,5,8,11,18H,3-4,6-7H2. The zero-order valence-electron chi connectivity index (χ0n) is 10.4. The van der Waals surface area contributed by atoms with Crippen molar-refractivity contribution in [1.82, 2.24) is 19.7 Å². The minimum absolute atomic E-state index is 0.237. The van der Waals surface area contributed by atoms with Crippen molar-refractivity contribution in [2.45, 2.75) is 19.1 Å². The van der Waals surface area contributed by atoms with Crippen LogP contribution in [0.1, 0.15) is 17.4 Å². The largest absolute Gasteiger partial charge is 0.508 e. The first-order chi connectivity index (χ1) is 9.31. The summed E-state index contributed by atoms with van der Waals surface area (Å²) in [6.07, 6.45) is 1.78. The van der Waals surface area contributed by atoms with Crippen LogP contribution in [0.15, 0.2) is 24.5 Å². The molecule has 0 radical (unpaired) electrons. The fraction of sp³-hybridized carbons (Fsp3) is 0.385. The Balaban J connectivity index is 1.63. The average molecular weight is 258 g/mol. The third kappa shape index (κ3) is 1.67. The molecule has 2 aromatic rings. The summed E-state index contributed by atoms with van der Waals surface area (Å²) in [6, 6.07) is 5.58. The van der Waals surface area contributed by atoms with Gasteiger partial charge < -0.3 is 14.4 Å². The topological polar surface area (TPSA) is 63.4 Å². The van der Waals surface area contributed by atoms with E-state index in [1.807, 2.05) is 6.07 Å². The van der Waals surface area contributed by atoms with Crippen LogP contribution >= 0.6 is 0 Å². The molecule has 1 aromatic carbocycles. The van der Waals surface area contributed by atoms with E-state index in [4.69, 9.17) is 4.74 Å². The van der Waals surface area contributed by atoms with E-state index in [1.54, 1.807) is 18.5 Å². The van der Waals surface area contributed by atoms with Gasteiger partial charge in [-0.05, 0) is 12.1 Å². The Morgan fingerprint density at radius 1 is 1.32 bits per heavy atom. The summed E-state index contributed by atoms with van der Waals surface area (Å²) < 4.78 is 7.76. The third-order valence-electron chi connectivity index (χ3n) is 3.86. The van der Waals surface area contributed by atoms with Gasteiger partial charge >= 0.3 is 0 Å². The van der Waals surface area contributed by atoms with Gasteiger partial charge in [0.05, 0.1) is 12.6 Å². The summed E-state index contributed by atoms with van der Waals surface area (Å²) in [4.78, 5) is 2.35. The van der Waals surface area contributed by atoms with Gasteiger partial charge in [0.2, 0.25) is 0 Å². The molecule has 0 bridgehead atoms. The minimum atomic E-state index is 0.237. The fourth-order valence-electron chi connectivity index (χ4n) is 2.83. The maximum atomic E-state index is 9.48. The predicted octanol–water partition coefficient (Wildman–Crippen LogP) is 0.933. The summed E-state index contributed by atoms with van der Waals surface area (Å²) in [7, 11) is 0. The number of hydrogen-bond donors (Lipinski definition) is 1. The molecular formula is C13H14N4O2. The maximum Gasteiger partial charge on any atom is 0.147 e. The molecule has 0 saturated heterocycles. The molecule has 6 heteroatoms. The van der Waals surface area contributed by atoms with Gasteiger partial charge in [0.25, 0.3) is 0 Å². The fourth-order valence-corrected chi connectivity index (χ4v) is 2.83. The molecule has 1 unspecified atom stereocenters. The third-order valence-corrected chi connectivity index (χ3v) is 3.86. The number of nitrogens with zero attached hydrogens (tertiary/aromatic N) is 4. The Morgan fingerprint density at radius 2 is 2.26 bits per heavy atom. The van der Waals surface area contributed by atoms with Crippen LogP contribution < -0.4 is 4.74 Å². The first-order valence-electron chi connectivity index (χ1n) is 6.38. The van der Waals surface area contributed by atoms with Crippen LogP contribution in [-0.4, -0.2) is 37.9 Å². The molecule has 19 heavy (non-hydrogen) atoms. The molecule has 2 aliphatic rings. The number of hydrogen-bond acceptors (Lipinski definition) is 5. The highest BCUT2D eigenvalue weighted by Crippen LogP contribution is 2.39. The van der Waals surface area contributed by atoms with E-state index in [1.165, 1.54) is 0 Å². The molecule has 6 nitrogen and oxygen atoms in total. The molecule has 1 aromatic heterocycles. The molecule has 98 valence electrons. The van der Waals surface area contributed by atoms with Gasteiger partial charge in [-0.2, -0.15) is 0 Å². The highest BCUT2D eigenvalue weighted by Gasteiger charge is 2.32. The molecule has 2 aliphatic heterocycles. The van der Waals surface area contributed by atoms with E-state index in [-0.39, 0.29) is 11.8 Å². The van der Waals surface area contributed by atoms with E-state index in [0.29, 0.717) is 6.61 Å². The Bertz CT molecular complexity index is 625. The maximum absolute atomic E-state index is 9.48. The molecule has 4 rings (SSSR count). The number of ether oxygens (including phenoxy) is 1. The molecule has 3 heterocycles. The molecular weight excluding hydrogens is 244 g/mol. The quantitative estimate of drug-likeness (QED) is 0.824. The van der Waals surface area contributed by atoms with Gasteiger partial charge in [0, 0.05) is 24.7 Å². The monoisotopic (exact) mass is 258 g/mol. The second-order valence-electron chi connectivity index (χ2n) is 4.96. The smallest absolute Gasteiger partial charge is 0.147 e. The van der Waals surface area contributed by atoms with Crippen molar-refractivity contribution in [3.05, 3.63) is 35.9 Å². The number of benzene rings is 1. The van der Waals surface area contributed by atoms with Crippen molar-refractivity contribution in [1.29, 1.82) is 0 Å². The van der Waals surface area contributed by atoms with E-state index in [9.17, 15) is 5.11 Å². The van der Waals surface area contributed by atoms with Crippen LogP contribution in [0.4, 0.5) is 0 Å². The van der Waals surface area contributed by atoms with Crippen molar-refractivity contribution in [2.24, 2.45) is 0 Å². The van der Waals surface area contributed by atoms with Gasteiger partial charge in [0.1, 0.15) is 30.3 Å². The van der Waals surface area contributed by atoms with E-state index >= 15 is 0 Å². The molecule has 0 spiro atoms. The van der Waals surface area contributed by atoms with Crippen LogP contribution in [0.3, 0.4) is 0 Å². The van der Waals surface area contributed by atoms with Crippen molar-refractivity contribution >= 4 is 0 Å². The second kappa shape index (κ2) is 3.96. The predicted molar refractivity (Wildman–Crippen MR) is 66.8 cm³/mol. The summed E-state index contributed by atoms with van der Waals surface area (Å²) in [5.74, 6) is 2.04. The Kier molecular flexibility index (Phi) is 2.25. The molecule has 0 amide bonds. The van der Waals surface area contributed by atoms with Gasteiger partial charge in [-0.1, -0.05) is 0 Å². The Morgan fingerprint density at radius 3 is 3.21 bits per heavy atom. The van der Waals surface area contributed by atoms with Crippen LogP contribution in [-0.2, 0) is 13.1 Å². The first-order valence-corrected chi connectivity index (χ1v) is 6.38. The van der Waals surface area contributed by atoms with Crippen molar-refractivity contribution < 1.29 is 9.84 Å². The summed E-state index contributed by atoms with van der Waals surface area (Å²) in [5.41, 5.74) is 1.14. The number of phenols is 1. The highest BCUT2D eigenvalue weighted by atomic mass is 16.5. The molecule has 0 saturated carbocycles. The normalized spacial score (nSPS) is 21.8. The van der Waals surface area contributed by atoms with Crippen molar-refractivity contribution in [3.63, 3.8) is 0 Å². The molecule has 1 atom stereocenters. The molecule has 1 N–H and O–H groups in total. The van der Waals surface area contributed by atoms with Gasteiger partial charge in [0.15, 0.2) is 0 Å². The second-order valence-corrected chi connectivity index (χ2v) is 4.96. The summed E-state index contributed by atoms with van der Waals surface area (Å²) >= 11 is 0. The molecule has 0 aliphatic carbocycles. The van der Waals surface area contributed by atoms with Crippen LogP contribution in [0.5, 0.6) is 11.5 Å². The zero-order valence-corrected chi connectivity index (χ0v) is 10.4. The van der Waals surface area contributed by atoms with Crippen LogP contribution in [0, 0.1) is 0 Å². The minimum Gasteiger partial charge on any atom is -0.508 e. The van der Waals surface area contributed by atoms with Crippen LogP contribution in [0.25, 0.3) is 0 Å². The Labute approximate surface area is 110 Å².